The van der Waals surface area contributed by atoms with E-state index in [0.717, 1.165) is 60.7 Å². The molecule has 5 nitrogen and oxygen atoms in total. The highest BCUT2D eigenvalue weighted by atomic mass is 16.5. The Kier molecular flexibility index (Phi) is 5.19. The van der Waals surface area contributed by atoms with E-state index < -0.39 is 0 Å². The van der Waals surface area contributed by atoms with Crippen LogP contribution in [0.1, 0.15) is 56.0 Å². The molecule has 1 aliphatic rings. The maximum absolute atomic E-state index is 6.05. The molecule has 5 heteroatoms. The van der Waals surface area contributed by atoms with E-state index in [9.17, 15) is 0 Å². The van der Waals surface area contributed by atoms with Crippen LogP contribution in [-0.4, -0.2) is 29.3 Å². The van der Waals surface area contributed by atoms with Gasteiger partial charge in [-0.05, 0) is 76.4 Å². The van der Waals surface area contributed by atoms with Crippen LogP contribution >= 0.6 is 0 Å². The lowest BCUT2D eigenvalue weighted by molar-refractivity contribution is 0.214. The number of aromatic nitrogens is 2. The fourth-order valence-electron chi connectivity index (χ4n) is 3.14. The van der Waals surface area contributed by atoms with E-state index in [2.05, 4.69) is 55.3 Å². The van der Waals surface area contributed by atoms with Gasteiger partial charge in [0.25, 0.3) is 0 Å². The van der Waals surface area contributed by atoms with Crippen molar-refractivity contribution in [1.29, 1.82) is 0 Å². The Bertz CT molecular complexity index is 667. The molecular weight excluding hydrogens is 302 g/mol. The van der Waals surface area contributed by atoms with Crippen LogP contribution < -0.4 is 10.1 Å². The molecule has 24 heavy (non-hydrogen) atoms. The molecule has 0 radical (unpaired) electrons. The number of rotatable bonds is 5. The second-order valence-corrected chi connectivity index (χ2v) is 6.76. The van der Waals surface area contributed by atoms with Crippen LogP contribution in [0.2, 0.25) is 0 Å². The van der Waals surface area contributed by atoms with Crippen LogP contribution in [0, 0.1) is 13.8 Å². The Hall–Kier alpha value is -1.88. The van der Waals surface area contributed by atoms with E-state index >= 15 is 0 Å². The van der Waals surface area contributed by atoms with Gasteiger partial charge in [-0.15, -0.1) is 0 Å². The summed E-state index contributed by atoms with van der Waals surface area (Å²) in [7, 11) is 0. The van der Waals surface area contributed by atoms with Gasteiger partial charge in [0.15, 0.2) is 0 Å². The number of benzene rings is 1. The van der Waals surface area contributed by atoms with Crippen molar-refractivity contribution < 1.29 is 9.26 Å². The third-order valence-corrected chi connectivity index (χ3v) is 4.74. The molecule has 2 heterocycles. The summed E-state index contributed by atoms with van der Waals surface area (Å²) in [5, 5.41) is 7.56. The topological polar surface area (TPSA) is 60.2 Å². The number of piperidine rings is 1. The van der Waals surface area contributed by atoms with E-state index in [-0.39, 0.29) is 6.10 Å². The average Bonchev–Trinajstić information content (AvgIpc) is 3.08. The molecule has 0 aliphatic carbocycles. The van der Waals surface area contributed by atoms with Crippen molar-refractivity contribution in [2.24, 2.45) is 0 Å². The molecule has 0 amide bonds. The molecule has 1 unspecified atom stereocenters. The fraction of sp³-hybridized carbons (Fsp3) is 0.579. The zero-order valence-corrected chi connectivity index (χ0v) is 15.1. The number of nitrogens with one attached hydrogen (secondary N) is 1. The fourth-order valence-corrected chi connectivity index (χ4v) is 3.14. The molecule has 1 fully saturated rings. The van der Waals surface area contributed by atoms with Gasteiger partial charge in [0.05, 0.1) is 6.10 Å². The molecule has 1 N–H and O–H groups in total. The molecule has 3 rings (SSSR count). The van der Waals surface area contributed by atoms with Gasteiger partial charge in [0.1, 0.15) is 5.75 Å². The molecule has 0 bridgehead atoms. The van der Waals surface area contributed by atoms with Gasteiger partial charge in [0.2, 0.25) is 11.7 Å². The van der Waals surface area contributed by atoms with Crippen molar-refractivity contribution in [3.8, 4) is 17.1 Å². The summed E-state index contributed by atoms with van der Waals surface area (Å²) in [5.74, 6) is 2.78. The Balaban J connectivity index is 1.83. The number of nitrogens with zero attached hydrogens (tertiary/aromatic N) is 2. The van der Waals surface area contributed by atoms with E-state index in [1.807, 2.05) is 0 Å². The summed E-state index contributed by atoms with van der Waals surface area (Å²) in [6.45, 7) is 10.4. The highest BCUT2D eigenvalue weighted by molar-refractivity contribution is 5.61. The molecule has 1 aromatic carbocycles. The highest BCUT2D eigenvalue weighted by Gasteiger charge is 2.22. The largest absolute Gasteiger partial charge is 0.490 e. The Labute approximate surface area is 143 Å². The predicted molar refractivity (Wildman–Crippen MR) is 94.4 cm³/mol. The maximum atomic E-state index is 6.05. The van der Waals surface area contributed by atoms with E-state index in [4.69, 9.17) is 9.26 Å². The SMILES string of the molecule is CCC(C)Oc1c(C)cc(-c2noc(C3CCNCC3)n2)cc1C. The van der Waals surface area contributed by atoms with Crippen molar-refractivity contribution in [2.75, 3.05) is 13.1 Å². The lowest BCUT2D eigenvalue weighted by Crippen LogP contribution is -2.26. The van der Waals surface area contributed by atoms with E-state index in [1.54, 1.807) is 0 Å². The second kappa shape index (κ2) is 7.34. The lowest BCUT2D eigenvalue weighted by Gasteiger charge is -2.18. The molecule has 2 aromatic rings. The second-order valence-electron chi connectivity index (χ2n) is 6.76. The summed E-state index contributed by atoms with van der Waals surface area (Å²) in [4.78, 5) is 4.65. The van der Waals surface area contributed by atoms with Crippen LogP contribution in [0.3, 0.4) is 0 Å². The minimum Gasteiger partial charge on any atom is -0.490 e. The van der Waals surface area contributed by atoms with E-state index in [1.165, 1.54) is 0 Å². The normalized spacial score (nSPS) is 17.0. The molecule has 1 saturated heterocycles. The molecule has 0 spiro atoms. The van der Waals surface area contributed by atoms with Crippen LogP contribution in [0.15, 0.2) is 16.7 Å². The molecule has 1 aromatic heterocycles. The van der Waals surface area contributed by atoms with Gasteiger partial charge in [0, 0.05) is 11.5 Å². The van der Waals surface area contributed by atoms with Crippen molar-refractivity contribution in [3.63, 3.8) is 0 Å². The minimum absolute atomic E-state index is 0.213. The third-order valence-electron chi connectivity index (χ3n) is 4.74. The summed E-state index contributed by atoms with van der Waals surface area (Å²) in [6, 6.07) is 4.17. The minimum atomic E-state index is 0.213. The van der Waals surface area contributed by atoms with Gasteiger partial charge in [-0.25, -0.2) is 0 Å². The zero-order chi connectivity index (χ0) is 17.1. The van der Waals surface area contributed by atoms with Gasteiger partial charge in [-0.1, -0.05) is 12.1 Å². The number of hydrogen-bond acceptors (Lipinski definition) is 5. The standard InChI is InChI=1S/C19H27N3O2/c1-5-14(4)23-17-12(2)10-16(11-13(17)3)18-21-19(24-22-18)15-6-8-20-9-7-15/h10-11,14-15,20H,5-9H2,1-4H3. The Morgan fingerprint density at radius 2 is 1.92 bits per heavy atom. The lowest BCUT2D eigenvalue weighted by atomic mass is 9.98. The van der Waals surface area contributed by atoms with Gasteiger partial charge in [-0.2, -0.15) is 4.98 Å². The first-order chi connectivity index (χ1) is 11.6. The zero-order valence-electron chi connectivity index (χ0n) is 15.1. The molecular formula is C19H27N3O2. The molecule has 0 saturated carbocycles. The van der Waals surface area contributed by atoms with Gasteiger partial charge < -0.3 is 14.6 Å². The highest BCUT2D eigenvalue weighted by Crippen LogP contribution is 2.31. The van der Waals surface area contributed by atoms with Gasteiger partial charge in [-0.3, -0.25) is 0 Å². The summed E-state index contributed by atoms with van der Waals surface area (Å²) >= 11 is 0. The summed E-state index contributed by atoms with van der Waals surface area (Å²) < 4.78 is 11.6. The quantitative estimate of drug-likeness (QED) is 0.898. The van der Waals surface area contributed by atoms with Gasteiger partial charge >= 0.3 is 0 Å². The number of hydrogen-bond donors (Lipinski definition) is 1. The predicted octanol–water partition coefficient (Wildman–Crippen LogP) is 4.00. The third kappa shape index (κ3) is 3.61. The van der Waals surface area contributed by atoms with Crippen molar-refractivity contribution in [3.05, 3.63) is 29.2 Å². The first-order valence-electron chi connectivity index (χ1n) is 8.91. The van der Waals surface area contributed by atoms with E-state index in [0.29, 0.717) is 11.7 Å². The summed E-state index contributed by atoms with van der Waals surface area (Å²) in [5.41, 5.74) is 3.21. The van der Waals surface area contributed by atoms with Crippen molar-refractivity contribution >= 4 is 0 Å². The smallest absolute Gasteiger partial charge is 0.230 e. The van der Waals surface area contributed by atoms with Crippen LogP contribution in [0.5, 0.6) is 5.75 Å². The molecule has 1 aliphatic heterocycles. The van der Waals surface area contributed by atoms with Crippen molar-refractivity contribution in [1.82, 2.24) is 15.5 Å². The first kappa shape index (κ1) is 17.0. The number of aryl methyl sites for hydroxylation is 2. The first-order valence-corrected chi connectivity index (χ1v) is 8.91. The Morgan fingerprint density at radius 3 is 2.54 bits per heavy atom. The van der Waals surface area contributed by atoms with Crippen LogP contribution in [0.25, 0.3) is 11.4 Å². The van der Waals surface area contributed by atoms with Crippen molar-refractivity contribution in [2.45, 2.75) is 59.0 Å². The Morgan fingerprint density at radius 1 is 1.25 bits per heavy atom. The number of ether oxygens (including phenoxy) is 1. The molecule has 1 atom stereocenters. The van der Waals surface area contributed by atoms with Crippen LogP contribution in [-0.2, 0) is 0 Å². The maximum Gasteiger partial charge on any atom is 0.230 e. The monoisotopic (exact) mass is 329 g/mol. The molecule has 130 valence electrons. The van der Waals surface area contributed by atoms with Crippen LogP contribution in [0.4, 0.5) is 0 Å². The summed E-state index contributed by atoms with van der Waals surface area (Å²) in [6.07, 6.45) is 3.32. The average molecular weight is 329 g/mol.